The van der Waals surface area contributed by atoms with Gasteiger partial charge < -0.3 is 10.1 Å². The van der Waals surface area contributed by atoms with E-state index >= 15 is 0 Å². The molecule has 2 N–H and O–H groups in total. The number of nitrogens with zero attached hydrogens (tertiary/aromatic N) is 1. The van der Waals surface area contributed by atoms with E-state index in [1.54, 1.807) is 48.8 Å². The highest BCUT2D eigenvalue weighted by Gasteiger charge is 2.14. The van der Waals surface area contributed by atoms with Crippen molar-refractivity contribution in [2.45, 2.75) is 18.2 Å². The fraction of sp³-hybridized carbons (Fsp3) is 0.182. The van der Waals surface area contributed by atoms with Gasteiger partial charge in [-0.3, -0.25) is 14.5 Å². The van der Waals surface area contributed by atoms with Gasteiger partial charge in [-0.2, -0.15) is 0 Å². The quantitative estimate of drug-likeness (QED) is 0.548. The number of hydrogen-bond acceptors (Lipinski definition) is 5. The van der Waals surface area contributed by atoms with E-state index < -0.39 is 10.0 Å². The van der Waals surface area contributed by atoms with Crippen molar-refractivity contribution in [3.05, 3.63) is 84.2 Å². The van der Waals surface area contributed by atoms with Gasteiger partial charge in [0.25, 0.3) is 15.9 Å². The fourth-order valence-electron chi connectivity index (χ4n) is 2.75. The van der Waals surface area contributed by atoms with Gasteiger partial charge in [0.2, 0.25) is 0 Å². The number of hydrogen-bond donors (Lipinski definition) is 2. The number of rotatable bonds is 9. The first-order valence-corrected chi connectivity index (χ1v) is 11.0. The molecule has 3 rings (SSSR count). The van der Waals surface area contributed by atoms with E-state index in [1.807, 2.05) is 19.1 Å². The molecule has 1 aromatic heterocycles. The molecule has 3 aromatic rings. The van der Waals surface area contributed by atoms with Gasteiger partial charge in [-0.25, -0.2) is 8.42 Å². The van der Waals surface area contributed by atoms with E-state index in [2.05, 4.69) is 15.0 Å². The van der Waals surface area contributed by atoms with Gasteiger partial charge in [0.1, 0.15) is 5.75 Å². The summed E-state index contributed by atoms with van der Waals surface area (Å²) in [5.74, 6) is 0.384. The van der Waals surface area contributed by atoms with Crippen molar-refractivity contribution in [3.63, 3.8) is 0 Å². The zero-order valence-corrected chi connectivity index (χ0v) is 17.4. The fourth-order valence-corrected chi connectivity index (χ4v) is 3.81. The molecule has 0 fully saturated rings. The van der Waals surface area contributed by atoms with Crippen LogP contribution in [0.2, 0.25) is 0 Å². The summed E-state index contributed by atoms with van der Waals surface area (Å²) < 4.78 is 32.9. The van der Waals surface area contributed by atoms with E-state index in [4.69, 9.17) is 4.74 Å². The molecule has 0 bridgehead atoms. The van der Waals surface area contributed by atoms with Gasteiger partial charge in [0.05, 0.1) is 11.5 Å². The lowest BCUT2D eigenvalue weighted by Crippen LogP contribution is -2.25. The van der Waals surface area contributed by atoms with Gasteiger partial charge in [-0.1, -0.05) is 6.07 Å². The van der Waals surface area contributed by atoms with E-state index in [0.717, 1.165) is 5.56 Å². The Morgan fingerprint density at radius 3 is 2.40 bits per heavy atom. The molecule has 0 atom stereocenters. The number of aromatic nitrogens is 1. The summed E-state index contributed by atoms with van der Waals surface area (Å²) in [6.45, 7) is 2.85. The SMILES string of the molecule is CCOc1ccc(S(=O)(=O)Nc2ccc(C(=O)NCCc3cccnc3)cc2)cc1. The van der Waals surface area contributed by atoms with Crippen molar-refractivity contribution in [2.24, 2.45) is 0 Å². The average molecular weight is 426 g/mol. The first-order chi connectivity index (χ1) is 14.5. The second-order valence-corrected chi connectivity index (χ2v) is 8.14. The topological polar surface area (TPSA) is 97.4 Å². The third kappa shape index (κ3) is 5.81. The number of anilines is 1. The molecule has 156 valence electrons. The van der Waals surface area contributed by atoms with Crippen LogP contribution in [0.4, 0.5) is 5.69 Å². The monoisotopic (exact) mass is 425 g/mol. The number of pyridine rings is 1. The minimum absolute atomic E-state index is 0.128. The largest absolute Gasteiger partial charge is 0.494 e. The van der Waals surface area contributed by atoms with Crippen molar-refractivity contribution >= 4 is 21.6 Å². The van der Waals surface area contributed by atoms with E-state index in [-0.39, 0.29) is 10.8 Å². The first kappa shape index (κ1) is 21.3. The van der Waals surface area contributed by atoms with Gasteiger partial charge in [0, 0.05) is 30.2 Å². The Kier molecular flexibility index (Phi) is 7.03. The molecule has 0 aliphatic carbocycles. The van der Waals surface area contributed by atoms with E-state index in [1.165, 1.54) is 12.1 Å². The maximum atomic E-state index is 12.5. The van der Waals surface area contributed by atoms with Gasteiger partial charge in [-0.15, -0.1) is 0 Å². The predicted octanol–water partition coefficient (Wildman–Crippen LogP) is 3.25. The molecular formula is C22H23N3O4S. The van der Waals surface area contributed by atoms with E-state index in [9.17, 15) is 13.2 Å². The lowest BCUT2D eigenvalue weighted by Gasteiger charge is -2.10. The van der Waals surface area contributed by atoms with Crippen molar-refractivity contribution in [2.75, 3.05) is 17.9 Å². The Bertz CT molecular complexity index is 1070. The van der Waals surface area contributed by atoms with Crippen molar-refractivity contribution < 1.29 is 17.9 Å². The molecule has 2 aromatic carbocycles. The highest BCUT2D eigenvalue weighted by atomic mass is 32.2. The highest BCUT2D eigenvalue weighted by molar-refractivity contribution is 7.92. The molecular weight excluding hydrogens is 402 g/mol. The second-order valence-electron chi connectivity index (χ2n) is 6.45. The number of carbonyl (C=O) groups excluding carboxylic acids is 1. The van der Waals surface area contributed by atoms with Crippen LogP contribution in [0.15, 0.2) is 78.0 Å². The average Bonchev–Trinajstić information content (AvgIpc) is 2.75. The van der Waals surface area contributed by atoms with Gasteiger partial charge >= 0.3 is 0 Å². The molecule has 0 spiro atoms. The zero-order chi connectivity index (χ0) is 21.4. The van der Waals surface area contributed by atoms with Crippen molar-refractivity contribution in [3.8, 4) is 5.75 Å². The standard InChI is InChI=1S/C22H23N3O4S/c1-2-29-20-9-11-21(12-10-20)30(27,28)25-19-7-5-18(6-8-19)22(26)24-15-13-17-4-3-14-23-16-17/h3-12,14,16,25H,2,13,15H2,1H3,(H,24,26). The summed E-state index contributed by atoms with van der Waals surface area (Å²) in [6, 6.07) is 16.3. The van der Waals surface area contributed by atoms with Crippen LogP contribution in [-0.2, 0) is 16.4 Å². The Hall–Kier alpha value is -3.39. The second kappa shape index (κ2) is 9.89. The predicted molar refractivity (Wildman–Crippen MR) is 115 cm³/mol. The molecule has 0 saturated carbocycles. The minimum Gasteiger partial charge on any atom is -0.494 e. The van der Waals surface area contributed by atoms with Crippen LogP contribution >= 0.6 is 0 Å². The van der Waals surface area contributed by atoms with Crippen LogP contribution in [0.5, 0.6) is 5.75 Å². The number of carbonyl (C=O) groups is 1. The number of nitrogens with one attached hydrogen (secondary N) is 2. The van der Waals surface area contributed by atoms with Crippen LogP contribution in [0.3, 0.4) is 0 Å². The Morgan fingerprint density at radius 2 is 1.77 bits per heavy atom. The maximum Gasteiger partial charge on any atom is 0.261 e. The van der Waals surface area contributed by atoms with Crippen LogP contribution in [0, 0.1) is 0 Å². The molecule has 30 heavy (non-hydrogen) atoms. The molecule has 0 unspecified atom stereocenters. The molecule has 7 nitrogen and oxygen atoms in total. The lowest BCUT2D eigenvalue weighted by atomic mass is 10.2. The smallest absolute Gasteiger partial charge is 0.261 e. The molecule has 0 saturated heterocycles. The van der Waals surface area contributed by atoms with Gasteiger partial charge in [0.15, 0.2) is 0 Å². The van der Waals surface area contributed by atoms with Crippen molar-refractivity contribution in [1.82, 2.24) is 10.3 Å². The third-order valence-corrected chi connectivity index (χ3v) is 5.66. The summed E-state index contributed by atoms with van der Waals surface area (Å²) in [5.41, 5.74) is 1.86. The highest BCUT2D eigenvalue weighted by Crippen LogP contribution is 2.19. The minimum atomic E-state index is -3.73. The van der Waals surface area contributed by atoms with Crippen LogP contribution in [-0.4, -0.2) is 32.5 Å². The lowest BCUT2D eigenvalue weighted by molar-refractivity contribution is 0.0954. The molecule has 1 amide bonds. The summed E-state index contributed by atoms with van der Waals surface area (Å²) in [4.78, 5) is 16.4. The molecule has 1 heterocycles. The van der Waals surface area contributed by atoms with Crippen LogP contribution in [0.25, 0.3) is 0 Å². The third-order valence-electron chi connectivity index (χ3n) is 4.27. The van der Waals surface area contributed by atoms with Crippen LogP contribution in [0.1, 0.15) is 22.8 Å². The Labute approximate surface area is 176 Å². The first-order valence-electron chi connectivity index (χ1n) is 9.51. The Morgan fingerprint density at radius 1 is 1.03 bits per heavy atom. The number of ether oxygens (including phenoxy) is 1. The zero-order valence-electron chi connectivity index (χ0n) is 16.5. The molecule has 8 heteroatoms. The van der Waals surface area contributed by atoms with Gasteiger partial charge in [-0.05, 0) is 73.5 Å². The summed E-state index contributed by atoms with van der Waals surface area (Å²) in [7, 11) is -3.73. The number of sulfonamides is 1. The van der Waals surface area contributed by atoms with Crippen molar-refractivity contribution in [1.29, 1.82) is 0 Å². The summed E-state index contributed by atoms with van der Waals surface area (Å²) in [6.07, 6.45) is 4.14. The number of benzene rings is 2. The van der Waals surface area contributed by atoms with E-state index in [0.29, 0.717) is 36.6 Å². The maximum absolute atomic E-state index is 12.5. The van der Waals surface area contributed by atoms with Crippen LogP contribution < -0.4 is 14.8 Å². The molecule has 0 aliphatic rings. The Balaban J connectivity index is 1.57. The molecule has 0 aliphatic heterocycles. The summed E-state index contributed by atoms with van der Waals surface area (Å²) in [5, 5.41) is 2.84. The molecule has 0 radical (unpaired) electrons. The summed E-state index contributed by atoms with van der Waals surface area (Å²) >= 11 is 0. The normalized spacial score (nSPS) is 11.0. The number of amides is 1.